The molecule has 0 bridgehead atoms. The number of hydrogen-bond acceptors (Lipinski definition) is 4. The van der Waals surface area contributed by atoms with Gasteiger partial charge in [-0.25, -0.2) is 4.98 Å². The summed E-state index contributed by atoms with van der Waals surface area (Å²) in [7, 11) is 0. The topological polar surface area (TPSA) is 59.2 Å². The molecule has 0 fully saturated rings. The zero-order chi connectivity index (χ0) is 14.8. The van der Waals surface area contributed by atoms with Crippen LogP contribution in [0.15, 0.2) is 23.6 Å². The van der Waals surface area contributed by atoms with E-state index in [1.807, 2.05) is 28.5 Å². The predicted octanol–water partition coefficient (Wildman–Crippen LogP) is 2.50. The Morgan fingerprint density at radius 3 is 3.14 bits per heavy atom. The molecule has 0 atom stereocenters. The summed E-state index contributed by atoms with van der Waals surface area (Å²) in [6.45, 7) is 1.83. The molecule has 0 aliphatic carbocycles. The van der Waals surface area contributed by atoms with Crippen molar-refractivity contribution in [2.45, 2.75) is 19.4 Å². The van der Waals surface area contributed by atoms with Crippen molar-refractivity contribution < 1.29 is 4.79 Å². The van der Waals surface area contributed by atoms with Gasteiger partial charge in [-0.2, -0.15) is 0 Å². The van der Waals surface area contributed by atoms with E-state index < -0.39 is 0 Å². The first-order valence-electron chi connectivity index (χ1n) is 6.89. The fraction of sp³-hybridized carbons (Fsp3) is 0.333. The normalized spacial score (nSPS) is 14.1. The summed E-state index contributed by atoms with van der Waals surface area (Å²) in [5.41, 5.74) is 8.32. The van der Waals surface area contributed by atoms with E-state index in [1.165, 1.54) is 11.3 Å². The van der Waals surface area contributed by atoms with Crippen molar-refractivity contribution in [2.75, 3.05) is 13.1 Å². The highest BCUT2D eigenvalue weighted by Gasteiger charge is 2.24. The first kappa shape index (κ1) is 14.5. The van der Waals surface area contributed by atoms with Crippen LogP contribution in [0, 0.1) is 0 Å². The van der Waals surface area contributed by atoms with Crippen molar-refractivity contribution in [1.29, 1.82) is 0 Å². The Labute approximate surface area is 132 Å². The minimum absolute atomic E-state index is 0.0138. The van der Waals surface area contributed by atoms with E-state index in [0.717, 1.165) is 34.0 Å². The average molecular weight is 322 g/mol. The second kappa shape index (κ2) is 6.13. The number of thiazole rings is 1. The minimum Gasteiger partial charge on any atom is -0.333 e. The van der Waals surface area contributed by atoms with Crippen molar-refractivity contribution in [2.24, 2.45) is 5.73 Å². The van der Waals surface area contributed by atoms with Crippen molar-refractivity contribution in [3.63, 3.8) is 0 Å². The van der Waals surface area contributed by atoms with Crippen LogP contribution >= 0.6 is 22.9 Å². The van der Waals surface area contributed by atoms with E-state index in [-0.39, 0.29) is 5.91 Å². The molecule has 21 heavy (non-hydrogen) atoms. The lowest BCUT2D eigenvalue weighted by Crippen LogP contribution is -2.36. The van der Waals surface area contributed by atoms with Gasteiger partial charge in [-0.05, 0) is 30.2 Å². The molecule has 2 aromatic rings. The zero-order valence-electron chi connectivity index (χ0n) is 11.5. The molecule has 0 spiro atoms. The summed E-state index contributed by atoms with van der Waals surface area (Å²) < 4.78 is 0. The maximum atomic E-state index is 12.5. The lowest BCUT2D eigenvalue weighted by atomic mass is 9.99. The molecule has 2 N–H and O–H groups in total. The SMILES string of the molecule is NCCc1nc(C(=O)N2CCc3c(Cl)cccc3C2)cs1. The van der Waals surface area contributed by atoms with E-state index in [4.69, 9.17) is 17.3 Å². The van der Waals surface area contributed by atoms with E-state index in [9.17, 15) is 4.79 Å². The van der Waals surface area contributed by atoms with Gasteiger partial charge >= 0.3 is 0 Å². The Kier molecular flexibility index (Phi) is 4.24. The number of benzene rings is 1. The van der Waals surface area contributed by atoms with Gasteiger partial charge in [0.15, 0.2) is 0 Å². The molecule has 1 aliphatic heterocycles. The highest BCUT2D eigenvalue weighted by molar-refractivity contribution is 7.09. The van der Waals surface area contributed by atoms with Gasteiger partial charge in [-0.3, -0.25) is 4.79 Å². The van der Waals surface area contributed by atoms with Crippen LogP contribution in [0.1, 0.15) is 26.6 Å². The second-order valence-electron chi connectivity index (χ2n) is 5.02. The molecule has 0 unspecified atom stereocenters. The van der Waals surface area contributed by atoms with Crippen LogP contribution in [0.2, 0.25) is 5.02 Å². The molecule has 0 radical (unpaired) electrons. The minimum atomic E-state index is -0.0138. The van der Waals surface area contributed by atoms with Gasteiger partial charge < -0.3 is 10.6 Å². The number of nitrogens with zero attached hydrogens (tertiary/aromatic N) is 2. The number of rotatable bonds is 3. The molecule has 2 heterocycles. The highest BCUT2D eigenvalue weighted by atomic mass is 35.5. The van der Waals surface area contributed by atoms with Gasteiger partial charge in [0, 0.05) is 29.9 Å². The molecule has 1 aliphatic rings. The second-order valence-corrected chi connectivity index (χ2v) is 6.37. The van der Waals surface area contributed by atoms with Crippen molar-refractivity contribution in [3.8, 4) is 0 Å². The van der Waals surface area contributed by atoms with Gasteiger partial charge in [0.05, 0.1) is 5.01 Å². The molecule has 1 amide bonds. The number of amides is 1. The van der Waals surface area contributed by atoms with Gasteiger partial charge in [0.25, 0.3) is 5.91 Å². The van der Waals surface area contributed by atoms with Crippen LogP contribution < -0.4 is 5.73 Å². The Bertz CT molecular complexity index is 671. The van der Waals surface area contributed by atoms with E-state index in [0.29, 0.717) is 25.3 Å². The molecule has 1 aromatic heterocycles. The van der Waals surface area contributed by atoms with Gasteiger partial charge in [0.2, 0.25) is 0 Å². The van der Waals surface area contributed by atoms with Crippen LogP contribution in [-0.2, 0) is 19.4 Å². The average Bonchev–Trinajstić information content (AvgIpc) is 2.95. The van der Waals surface area contributed by atoms with Gasteiger partial charge in [0.1, 0.15) is 5.69 Å². The van der Waals surface area contributed by atoms with Crippen LogP contribution in [0.25, 0.3) is 0 Å². The molecular formula is C15H16ClN3OS. The van der Waals surface area contributed by atoms with Gasteiger partial charge in [-0.1, -0.05) is 23.7 Å². The van der Waals surface area contributed by atoms with Gasteiger partial charge in [-0.15, -0.1) is 11.3 Å². The van der Waals surface area contributed by atoms with Crippen molar-refractivity contribution >= 4 is 28.8 Å². The third kappa shape index (κ3) is 2.95. The Morgan fingerprint density at radius 1 is 1.48 bits per heavy atom. The summed E-state index contributed by atoms with van der Waals surface area (Å²) in [4.78, 5) is 18.7. The summed E-state index contributed by atoms with van der Waals surface area (Å²) in [5, 5.41) is 3.53. The van der Waals surface area contributed by atoms with Crippen molar-refractivity contribution in [1.82, 2.24) is 9.88 Å². The quantitative estimate of drug-likeness (QED) is 0.945. The summed E-state index contributed by atoms with van der Waals surface area (Å²) in [5.74, 6) is -0.0138. The smallest absolute Gasteiger partial charge is 0.273 e. The Balaban J connectivity index is 1.77. The summed E-state index contributed by atoms with van der Waals surface area (Å²) >= 11 is 7.69. The maximum Gasteiger partial charge on any atom is 0.273 e. The Morgan fingerprint density at radius 2 is 2.33 bits per heavy atom. The van der Waals surface area contributed by atoms with E-state index in [1.54, 1.807) is 0 Å². The molecule has 6 heteroatoms. The predicted molar refractivity (Wildman–Crippen MR) is 84.8 cm³/mol. The largest absolute Gasteiger partial charge is 0.333 e. The molecule has 3 rings (SSSR count). The first-order chi connectivity index (χ1) is 10.2. The molecule has 110 valence electrons. The number of halogens is 1. The molecule has 0 saturated carbocycles. The van der Waals surface area contributed by atoms with Crippen LogP contribution in [-0.4, -0.2) is 28.9 Å². The molecule has 0 saturated heterocycles. The summed E-state index contributed by atoms with van der Waals surface area (Å²) in [6, 6.07) is 5.86. The zero-order valence-corrected chi connectivity index (χ0v) is 13.1. The lowest BCUT2D eigenvalue weighted by Gasteiger charge is -2.28. The third-order valence-electron chi connectivity index (χ3n) is 3.63. The van der Waals surface area contributed by atoms with Crippen LogP contribution in [0.5, 0.6) is 0 Å². The highest BCUT2D eigenvalue weighted by Crippen LogP contribution is 2.26. The monoisotopic (exact) mass is 321 g/mol. The number of aromatic nitrogens is 1. The fourth-order valence-electron chi connectivity index (χ4n) is 2.55. The number of hydrogen-bond donors (Lipinski definition) is 1. The van der Waals surface area contributed by atoms with E-state index >= 15 is 0 Å². The lowest BCUT2D eigenvalue weighted by molar-refractivity contribution is 0.0729. The Hall–Kier alpha value is -1.43. The first-order valence-corrected chi connectivity index (χ1v) is 8.15. The van der Waals surface area contributed by atoms with E-state index in [2.05, 4.69) is 4.98 Å². The van der Waals surface area contributed by atoms with Crippen molar-refractivity contribution in [3.05, 3.63) is 50.4 Å². The maximum absolute atomic E-state index is 12.5. The van der Waals surface area contributed by atoms with Crippen LogP contribution in [0.4, 0.5) is 0 Å². The summed E-state index contributed by atoms with van der Waals surface area (Å²) in [6.07, 6.45) is 1.51. The standard InChI is InChI=1S/C15H16ClN3OS/c16-12-3-1-2-10-8-19(7-5-11(10)12)15(20)13-9-21-14(18-13)4-6-17/h1-3,9H,4-8,17H2. The number of nitrogens with two attached hydrogens (primary N) is 1. The number of carbonyl (C=O) groups is 1. The fourth-order valence-corrected chi connectivity index (χ4v) is 3.62. The molecule has 1 aromatic carbocycles. The molecular weight excluding hydrogens is 306 g/mol. The number of fused-ring (bicyclic) bond motifs is 1. The van der Waals surface area contributed by atoms with Crippen LogP contribution in [0.3, 0.4) is 0 Å². The number of carbonyl (C=O) groups excluding carboxylic acids is 1. The third-order valence-corrected chi connectivity index (χ3v) is 4.89. The molecule has 4 nitrogen and oxygen atoms in total.